The molecule has 1 atom stereocenters. The van der Waals surface area contributed by atoms with Crippen LogP contribution in [-0.2, 0) is 14.3 Å². The van der Waals surface area contributed by atoms with Crippen molar-refractivity contribution in [2.24, 2.45) is 0 Å². The fraction of sp³-hybridized carbons (Fsp3) is 0.556. The lowest BCUT2D eigenvalue weighted by molar-refractivity contribution is -0.201. The molecular formula is C18H25N3O4. The molecule has 2 saturated heterocycles. The fourth-order valence-electron chi connectivity index (χ4n) is 3.40. The molecule has 0 aliphatic carbocycles. The van der Waals surface area contributed by atoms with Crippen LogP contribution in [0.1, 0.15) is 5.56 Å². The summed E-state index contributed by atoms with van der Waals surface area (Å²) in [5.41, 5.74) is 0.644. The molecule has 1 spiro atoms. The summed E-state index contributed by atoms with van der Waals surface area (Å²) in [5, 5.41) is 2.65. The predicted molar refractivity (Wildman–Crippen MR) is 92.4 cm³/mol. The molecule has 1 aromatic rings. The van der Waals surface area contributed by atoms with Gasteiger partial charge in [0.25, 0.3) is 5.91 Å². The number of nitrogens with one attached hydrogen (secondary N) is 1. The van der Waals surface area contributed by atoms with E-state index in [-0.39, 0.29) is 30.1 Å². The molecule has 3 rings (SSSR count). The van der Waals surface area contributed by atoms with E-state index >= 15 is 0 Å². The maximum atomic E-state index is 12.3. The molecule has 2 aliphatic heterocycles. The number of rotatable bonds is 4. The average Bonchev–Trinajstić information content (AvgIpc) is 2.58. The van der Waals surface area contributed by atoms with Crippen LogP contribution in [0.5, 0.6) is 5.75 Å². The topological polar surface area (TPSA) is 71.1 Å². The molecule has 0 bridgehead atoms. The molecule has 0 aromatic heterocycles. The smallest absolute Gasteiger partial charge is 0.260 e. The van der Waals surface area contributed by atoms with Crippen LogP contribution in [0.2, 0.25) is 0 Å². The van der Waals surface area contributed by atoms with Gasteiger partial charge in [0.1, 0.15) is 17.4 Å². The first-order valence-corrected chi connectivity index (χ1v) is 8.46. The van der Waals surface area contributed by atoms with Crippen molar-refractivity contribution in [2.75, 3.05) is 46.9 Å². The second-order valence-corrected chi connectivity index (χ2v) is 6.84. The van der Waals surface area contributed by atoms with Gasteiger partial charge >= 0.3 is 0 Å². The molecule has 2 heterocycles. The van der Waals surface area contributed by atoms with Crippen molar-refractivity contribution in [3.63, 3.8) is 0 Å². The summed E-state index contributed by atoms with van der Waals surface area (Å²) in [6.45, 7) is 4.03. The Hall–Kier alpha value is -2.12. The van der Waals surface area contributed by atoms with Crippen molar-refractivity contribution in [3.05, 3.63) is 29.8 Å². The Morgan fingerprint density at radius 3 is 2.68 bits per heavy atom. The molecule has 1 aromatic carbocycles. The molecule has 2 fully saturated rings. The zero-order valence-electron chi connectivity index (χ0n) is 14.9. The lowest BCUT2D eigenvalue weighted by Crippen LogP contribution is -2.73. The van der Waals surface area contributed by atoms with E-state index in [9.17, 15) is 9.59 Å². The number of amides is 2. The summed E-state index contributed by atoms with van der Waals surface area (Å²) >= 11 is 0. The molecule has 25 heavy (non-hydrogen) atoms. The van der Waals surface area contributed by atoms with Crippen LogP contribution in [0.25, 0.3) is 0 Å². The van der Waals surface area contributed by atoms with Gasteiger partial charge in [0.15, 0.2) is 6.61 Å². The first-order valence-electron chi connectivity index (χ1n) is 8.46. The minimum Gasteiger partial charge on any atom is -0.484 e. The second kappa shape index (κ2) is 7.01. The van der Waals surface area contributed by atoms with Gasteiger partial charge in [-0.2, -0.15) is 0 Å². The number of ether oxygens (including phenoxy) is 2. The van der Waals surface area contributed by atoms with E-state index in [0.717, 1.165) is 11.3 Å². The number of benzene rings is 1. The molecule has 0 radical (unpaired) electrons. The molecule has 7 heteroatoms. The highest BCUT2D eigenvalue weighted by Crippen LogP contribution is 2.30. The van der Waals surface area contributed by atoms with Gasteiger partial charge in [-0.25, -0.2) is 0 Å². The average molecular weight is 347 g/mol. The monoisotopic (exact) mass is 347 g/mol. The predicted octanol–water partition coefficient (Wildman–Crippen LogP) is 0.0314. The third kappa shape index (κ3) is 3.62. The zero-order chi connectivity index (χ0) is 18.0. The molecule has 2 amide bonds. The Balaban J connectivity index is 1.48. The number of carbonyl (C=O) groups excluding carboxylic acids is 2. The summed E-state index contributed by atoms with van der Waals surface area (Å²) in [4.78, 5) is 27.8. The number of morpholine rings is 1. The van der Waals surface area contributed by atoms with Crippen LogP contribution < -0.4 is 10.1 Å². The Kier molecular flexibility index (Phi) is 4.96. The standard InChI is InChI=1S/C18H25N3O4/c1-13-6-4-5-7-15(13)24-9-16(22)21-11-18(12-21)10-20(3)14(8-25-18)17(23)19-2/h4-7,14H,8-12H2,1-3H3,(H,19,23)/t14-/m0/s1. The number of likely N-dealkylation sites (tertiary alicyclic amines) is 1. The molecule has 0 saturated carbocycles. The van der Waals surface area contributed by atoms with Gasteiger partial charge in [0.2, 0.25) is 5.91 Å². The van der Waals surface area contributed by atoms with Crippen molar-refractivity contribution in [2.45, 2.75) is 18.6 Å². The highest BCUT2D eigenvalue weighted by molar-refractivity contribution is 5.82. The van der Waals surface area contributed by atoms with E-state index in [4.69, 9.17) is 9.47 Å². The van der Waals surface area contributed by atoms with E-state index in [2.05, 4.69) is 5.32 Å². The molecule has 1 N–H and O–H groups in total. The third-order valence-electron chi connectivity index (χ3n) is 4.92. The van der Waals surface area contributed by atoms with Crippen molar-refractivity contribution in [1.82, 2.24) is 15.1 Å². The summed E-state index contributed by atoms with van der Waals surface area (Å²) in [7, 11) is 3.54. The lowest BCUT2D eigenvalue weighted by Gasteiger charge is -2.54. The number of hydrogen-bond donors (Lipinski definition) is 1. The number of carbonyl (C=O) groups is 2. The van der Waals surface area contributed by atoms with E-state index in [1.54, 1.807) is 11.9 Å². The summed E-state index contributed by atoms with van der Waals surface area (Å²) in [5.74, 6) is 0.637. The van der Waals surface area contributed by atoms with Crippen molar-refractivity contribution < 1.29 is 19.1 Å². The van der Waals surface area contributed by atoms with Gasteiger partial charge in [-0.05, 0) is 25.6 Å². The number of likely N-dealkylation sites (N-methyl/N-ethyl adjacent to an activating group) is 2. The molecule has 7 nitrogen and oxygen atoms in total. The summed E-state index contributed by atoms with van der Waals surface area (Å²) < 4.78 is 11.6. The van der Waals surface area contributed by atoms with E-state index in [0.29, 0.717) is 26.2 Å². The van der Waals surface area contributed by atoms with Gasteiger partial charge < -0.3 is 19.7 Å². The van der Waals surface area contributed by atoms with E-state index in [1.807, 2.05) is 43.1 Å². The first kappa shape index (κ1) is 17.7. The Morgan fingerprint density at radius 1 is 1.32 bits per heavy atom. The van der Waals surface area contributed by atoms with Crippen LogP contribution in [0.15, 0.2) is 24.3 Å². The minimum absolute atomic E-state index is 0.0254. The number of para-hydroxylation sites is 1. The van der Waals surface area contributed by atoms with Gasteiger partial charge in [0.05, 0.1) is 19.7 Å². The second-order valence-electron chi connectivity index (χ2n) is 6.84. The maximum Gasteiger partial charge on any atom is 0.260 e. The summed E-state index contributed by atoms with van der Waals surface area (Å²) in [6, 6.07) is 7.36. The highest BCUT2D eigenvalue weighted by Gasteiger charge is 2.51. The largest absolute Gasteiger partial charge is 0.484 e. The van der Waals surface area contributed by atoms with Crippen molar-refractivity contribution in [3.8, 4) is 5.75 Å². The van der Waals surface area contributed by atoms with Gasteiger partial charge in [-0.15, -0.1) is 0 Å². The maximum absolute atomic E-state index is 12.3. The molecule has 0 unspecified atom stereocenters. The number of aryl methyl sites for hydroxylation is 1. The van der Waals surface area contributed by atoms with Gasteiger partial charge in [-0.1, -0.05) is 18.2 Å². The fourth-order valence-corrected chi connectivity index (χ4v) is 3.40. The van der Waals surface area contributed by atoms with Crippen LogP contribution in [0.4, 0.5) is 0 Å². The molecular weight excluding hydrogens is 322 g/mol. The summed E-state index contributed by atoms with van der Waals surface area (Å²) in [6.07, 6.45) is 0. The zero-order valence-corrected chi connectivity index (χ0v) is 14.9. The number of hydrogen-bond acceptors (Lipinski definition) is 5. The van der Waals surface area contributed by atoms with E-state index in [1.165, 1.54) is 0 Å². The number of nitrogens with zero attached hydrogens (tertiary/aromatic N) is 2. The van der Waals surface area contributed by atoms with Crippen LogP contribution >= 0.6 is 0 Å². The SMILES string of the molecule is CNC(=O)[C@@H]1COC2(CN(C(=O)COc3ccccc3C)C2)CN1C. The Morgan fingerprint density at radius 2 is 2.04 bits per heavy atom. The van der Waals surface area contributed by atoms with Crippen molar-refractivity contribution in [1.29, 1.82) is 0 Å². The van der Waals surface area contributed by atoms with Crippen molar-refractivity contribution >= 4 is 11.8 Å². The minimum atomic E-state index is -0.363. The lowest BCUT2D eigenvalue weighted by atomic mass is 9.90. The quantitative estimate of drug-likeness (QED) is 0.832. The third-order valence-corrected chi connectivity index (χ3v) is 4.92. The first-order chi connectivity index (χ1) is 11.9. The van der Waals surface area contributed by atoms with Crippen LogP contribution in [0, 0.1) is 6.92 Å². The van der Waals surface area contributed by atoms with Gasteiger partial charge in [0, 0.05) is 13.6 Å². The molecule has 2 aliphatic rings. The van der Waals surface area contributed by atoms with Crippen LogP contribution in [0.3, 0.4) is 0 Å². The Bertz CT molecular complexity index is 657. The van der Waals surface area contributed by atoms with Gasteiger partial charge in [-0.3, -0.25) is 14.5 Å². The highest BCUT2D eigenvalue weighted by atomic mass is 16.5. The van der Waals surface area contributed by atoms with Crippen LogP contribution in [-0.4, -0.2) is 80.2 Å². The van der Waals surface area contributed by atoms with E-state index < -0.39 is 0 Å². The normalized spacial score (nSPS) is 22.4. The Labute approximate surface area is 147 Å². The molecule has 136 valence electrons.